The molecule has 3 rings (SSSR count). The average Bonchev–Trinajstić information content (AvgIpc) is 3.08. The Labute approximate surface area is 306 Å². The van der Waals surface area contributed by atoms with Crippen molar-refractivity contribution in [2.75, 3.05) is 0 Å². The molecule has 296 valence electrons. The number of pyridine rings is 2. The number of alkyl halides is 6. The topological polar surface area (TPSA) is 88.0 Å². The van der Waals surface area contributed by atoms with Gasteiger partial charge in [0.1, 0.15) is 25.0 Å². The second-order valence-electron chi connectivity index (χ2n) is 13.7. The molecule has 0 N–H and O–H groups in total. The van der Waals surface area contributed by atoms with Crippen LogP contribution >= 0.6 is 0 Å². The van der Waals surface area contributed by atoms with Crippen LogP contribution in [0.2, 0.25) is 0 Å². The van der Waals surface area contributed by atoms with Crippen molar-refractivity contribution in [3.8, 4) is 0 Å². The first-order chi connectivity index (χ1) is 24.8. The van der Waals surface area contributed by atoms with Crippen LogP contribution < -0.4 is 19.3 Å². The van der Waals surface area contributed by atoms with Crippen molar-refractivity contribution < 1.29 is 55.3 Å². The third-order valence-electron chi connectivity index (χ3n) is 9.07. The van der Waals surface area contributed by atoms with Gasteiger partial charge in [-0.1, -0.05) is 103 Å². The number of hydrogen-bond donors (Lipinski definition) is 0. The first-order valence-electron chi connectivity index (χ1n) is 19.3. The number of fused-ring (bicyclic) bond motifs is 4. The number of carbonyl (C=O) groups is 2. The van der Waals surface area contributed by atoms with Crippen LogP contribution in [0.15, 0.2) is 49.1 Å². The fraction of sp³-hybridized carbons (Fsp3) is 0.700. The smallest absolute Gasteiger partial charge is 0.430 e. The maximum atomic E-state index is 10.5. The third kappa shape index (κ3) is 26.6. The molecule has 0 atom stereocenters. The van der Waals surface area contributed by atoms with E-state index in [2.05, 4.69) is 58.2 Å². The summed E-state index contributed by atoms with van der Waals surface area (Å²) in [4.78, 5) is 17.6. The van der Waals surface area contributed by atoms with E-state index in [9.17, 15) is 26.3 Å². The van der Waals surface area contributed by atoms with Gasteiger partial charge in [-0.3, -0.25) is 0 Å². The van der Waals surface area contributed by atoms with Crippen LogP contribution in [-0.2, 0) is 35.5 Å². The summed E-state index contributed by atoms with van der Waals surface area (Å²) >= 11 is 0. The molecule has 0 amide bonds. The van der Waals surface area contributed by atoms with Crippen LogP contribution in [0.4, 0.5) is 26.3 Å². The zero-order valence-corrected chi connectivity index (χ0v) is 30.8. The Bertz CT molecular complexity index is 1070. The van der Waals surface area contributed by atoms with Gasteiger partial charge in [-0.15, -0.1) is 0 Å². The normalized spacial score (nSPS) is 17.7. The summed E-state index contributed by atoms with van der Waals surface area (Å²) in [5.41, 5.74) is 3.06. The lowest BCUT2D eigenvalue weighted by atomic mass is 10.0. The second kappa shape index (κ2) is 28.3. The molecule has 0 unspecified atom stereocenters. The minimum Gasteiger partial charge on any atom is -0.542 e. The molecule has 2 aromatic rings. The highest BCUT2D eigenvalue weighted by molar-refractivity contribution is 5.71. The summed E-state index contributed by atoms with van der Waals surface area (Å²) in [7, 11) is 0. The number of carbonyl (C=O) groups excluding carboxylic acids is 2. The Balaban J connectivity index is 0.000000812. The standard InChI is InChI=1S/C36H60N2.2C2HF3O2/c1-3-7-11-15-19-25-35-27-23-32-38(33-35)30-22-18-14-10-6-2-4-8-12-16-20-26-36-28-24-31-37(34-36)29-21-17-13-9-5-1;2*3-2(4,5)1(6)7/h23-24,27-28,31-34H,1-22,25-26,29-30H2;2*(H,6,7)/q+2;;/p-2. The minimum atomic E-state index is -5.19. The Kier molecular flexibility index (Phi) is 25.5. The molecule has 2 aromatic heterocycles. The van der Waals surface area contributed by atoms with Gasteiger partial charge in [0.2, 0.25) is 0 Å². The number of carboxylic acids is 2. The molecule has 4 bridgehead atoms. The van der Waals surface area contributed by atoms with Crippen molar-refractivity contribution in [2.45, 2.75) is 180 Å². The van der Waals surface area contributed by atoms with E-state index in [0.29, 0.717) is 0 Å². The van der Waals surface area contributed by atoms with Crippen molar-refractivity contribution in [1.29, 1.82) is 0 Å². The number of rotatable bonds is 0. The quantitative estimate of drug-likeness (QED) is 0.201. The van der Waals surface area contributed by atoms with Gasteiger partial charge in [0, 0.05) is 36.1 Å². The molecular formula is C40H60F6N2O4. The fourth-order valence-electron chi connectivity index (χ4n) is 6.16. The van der Waals surface area contributed by atoms with E-state index in [-0.39, 0.29) is 0 Å². The van der Waals surface area contributed by atoms with Gasteiger partial charge in [0.25, 0.3) is 0 Å². The summed E-state index contributed by atoms with van der Waals surface area (Å²) in [5.74, 6) is -6.01. The summed E-state index contributed by atoms with van der Waals surface area (Å²) in [6.07, 6.45) is 32.4. The largest absolute Gasteiger partial charge is 0.542 e. The van der Waals surface area contributed by atoms with Gasteiger partial charge >= 0.3 is 12.4 Å². The van der Waals surface area contributed by atoms with Crippen LogP contribution in [0, 0.1) is 0 Å². The third-order valence-corrected chi connectivity index (χ3v) is 9.07. The van der Waals surface area contributed by atoms with Crippen LogP contribution in [0.25, 0.3) is 0 Å². The Morgan fingerprint density at radius 1 is 0.442 bits per heavy atom. The fourth-order valence-corrected chi connectivity index (χ4v) is 6.16. The molecule has 52 heavy (non-hydrogen) atoms. The maximum absolute atomic E-state index is 10.5. The SMILES string of the molecule is O=C([O-])C(F)(F)F.O=C([O-])C(F)(F)F.c1cc2c[n+](c1)CCCCCCCCCCCCCc1ccc[n+](c1)CCCCCCCCCCCCC2. The lowest BCUT2D eigenvalue weighted by Gasteiger charge is -2.05. The number of hydrogen-bond acceptors (Lipinski definition) is 4. The lowest BCUT2D eigenvalue weighted by molar-refractivity contribution is -0.697. The zero-order chi connectivity index (χ0) is 38.5. The summed E-state index contributed by atoms with van der Waals surface area (Å²) in [6, 6.07) is 9.19. The highest BCUT2D eigenvalue weighted by Gasteiger charge is 2.29. The van der Waals surface area contributed by atoms with Crippen LogP contribution in [0.3, 0.4) is 0 Å². The summed E-state index contributed by atoms with van der Waals surface area (Å²) in [6.45, 7) is 2.38. The molecule has 0 fully saturated rings. The predicted octanol–water partition coefficient (Wildman–Crippen LogP) is 8.24. The Hall–Kier alpha value is -3.18. The molecule has 0 aliphatic carbocycles. The molecule has 1 aliphatic heterocycles. The molecule has 6 nitrogen and oxygen atoms in total. The van der Waals surface area contributed by atoms with E-state index in [1.807, 2.05) is 0 Å². The average molecular weight is 747 g/mol. The minimum absolute atomic E-state index is 1.19. The molecule has 12 heteroatoms. The Morgan fingerprint density at radius 3 is 0.923 bits per heavy atom. The van der Waals surface area contributed by atoms with E-state index in [1.54, 1.807) is 0 Å². The van der Waals surface area contributed by atoms with Gasteiger partial charge in [-0.2, -0.15) is 26.3 Å². The molecule has 0 saturated carbocycles. The number of aliphatic carboxylic acids is 2. The van der Waals surface area contributed by atoms with Gasteiger partial charge in [-0.05, 0) is 50.7 Å². The van der Waals surface area contributed by atoms with Crippen molar-refractivity contribution >= 4 is 11.9 Å². The van der Waals surface area contributed by atoms with Crippen LogP contribution in [0.1, 0.15) is 152 Å². The first-order valence-corrected chi connectivity index (χ1v) is 19.3. The van der Waals surface area contributed by atoms with E-state index < -0.39 is 24.3 Å². The van der Waals surface area contributed by atoms with Crippen molar-refractivity contribution in [3.63, 3.8) is 0 Å². The highest BCUT2D eigenvalue weighted by Crippen LogP contribution is 2.15. The lowest BCUT2D eigenvalue weighted by Crippen LogP contribution is -2.37. The number of halogens is 6. The zero-order valence-electron chi connectivity index (χ0n) is 30.8. The molecule has 1 aliphatic rings. The molecule has 0 aromatic carbocycles. The van der Waals surface area contributed by atoms with Gasteiger partial charge in [-0.25, -0.2) is 9.13 Å². The number of aryl methyl sites for hydroxylation is 4. The molecule has 0 radical (unpaired) electrons. The summed E-state index contributed by atoms with van der Waals surface area (Å²) < 4.78 is 68.0. The van der Waals surface area contributed by atoms with E-state index >= 15 is 0 Å². The van der Waals surface area contributed by atoms with E-state index in [4.69, 9.17) is 19.8 Å². The number of nitrogens with zero attached hydrogens (tertiary/aromatic N) is 2. The van der Waals surface area contributed by atoms with E-state index in [0.717, 1.165) is 0 Å². The Morgan fingerprint density at radius 2 is 0.673 bits per heavy atom. The maximum Gasteiger partial charge on any atom is 0.430 e. The number of carboxylic acid groups (broad SMARTS) is 2. The van der Waals surface area contributed by atoms with E-state index in [1.165, 1.54) is 178 Å². The second-order valence-corrected chi connectivity index (χ2v) is 13.7. The highest BCUT2D eigenvalue weighted by atomic mass is 19.4. The van der Waals surface area contributed by atoms with Gasteiger partial charge in [0.15, 0.2) is 24.8 Å². The molecule has 0 saturated heterocycles. The van der Waals surface area contributed by atoms with Gasteiger partial charge < -0.3 is 19.8 Å². The monoisotopic (exact) mass is 746 g/mol. The van der Waals surface area contributed by atoms with Crippen molar-refractivity contribution in [2.24, 2.45) is 0 Å². The first kappa shape index (κ1) is 46.8. The van der Waals surface area contributed by atoms with Crippen LogP contribution in [-0.4, -0.2) is 24.3 Å². The van der Waals surface area contributed by atoms with Crippen LogP contribution in [0.5, 0.6) is 0 Å². The summed E-state index contributed by atoms with van der Waals surface area (Å²) in [5, 5.41) is 17.6. The van der Waals surface area contributed by atoms with Gasteiger partial charge in [0.05, 0.1) is 0 Å². The molecule has 0 spiro atoms. The molecule has 3 heterocycles. The van der Waals surface area contributed by atoms with Crippen molar-refractivity contribution in [1.82, 2.24) is 0 Å². The predicted molar refractivity (Wildman–Crippen MR) is 184 cm³/mol. The molecular weight excluding hydrogens is 686 g/mol. The van der Waals surface area contributed by atoms with Crippen molar-refractivity contribution in [3.05, 3.63) is 60.2 Å². The number of aromatic nitrogens is 2.